The van der Waals surface area contributed by atoms with Crippen LogP contribution >= 0.6 is 0 Å². The van der Waals surface area contributed by atoms with E-state index in [0.29, 0.717) is 26.0 Å². The predicted octanol–water partition coefficient (Wildman–Crippen LogP) is 2.81. The quantitative estimate of drug-likeness (QED) is 0.747. The number of para-hydroxylation sites is 1. The molecule has 0 aliphatic carbocycles. The first-order valence-corrected chi connectivity index (χ1v) is 11.0. The van der Waals surface area contributed by atoms with E-state index in [4.69, 9.17) is 4.74 Å². The zero-order chi connectivity index (χ0) is 20.9. The van der Waals surface area contributed by atoms with Crippen molar-refractivity contribution in [3.8, 4) is 5.75 Å². The monoisotopic (exact) mass is 420 g/mol. The van der Waals surface area contributed by atoms with Gasteiger partial charge in [-0.05, 0) is 56.2 Å². The number of amides is 1. The summed E-state index contributed by atoms with van der Waals surface area (Å²) in [7, 11) is -3.76. The normalized spacial score (nSPS) is 18.8. The minimum absolute atomic E-state index is 0.0320. The lowest BCUT2D eigenvalue weighted by atomic mass is 9.98. The molecule has 0 unspecified atom stereocenters. The summed E-state index contributed by atoms with van der Waals surface area (Å²) in [6.45, 7) is 2.62. The van der Waals surface area contributed by atoms with Crippen LogP contribution in [-0.2, 0) is 14.8 Å². The van der Waals surface area contributed by atoms with Gasteiger partial charge in [0.15, 0.2) is 0 Å². The third kappa shape index (κ3) is 5.55. The molecule has 0 spiro atoms. The van der Waals surface area contributed by atoms with Gasteiger partial charge in [-0.1, -0.05) is 18.2 Å². The van der Waals surface area contributed by atoms with E-state index in [9.17, 15) is 17.6 Å². The summed E-state index contributed by atoms with van der Waals surface area (Å²) in [5, 5.41) is 2.90. The van der Waals surface area contributed by atoms with Gasteiger partial charge >= 0.3 is 0 Å². The molecule has 1 aliphatic rings. The standard InChI is InChI=1S/C21H25FN2O4S/c1-16(15-28-19-7-3-2-4-8-19)23-21(25)17-6-5-13-24(14-17)29(26,27)20-11-9-18(22)10-12-20/h2-4,7-12,16-17H,5-6,13-15H2,1H3,(H,23,25)/t16-,17+/m0/s1. The van der Waals surface area contributed by atoms with Crippen LogP contribution in [0.25, 0.3) is 0 Å². The number of nitrogens with one attached hydrogen (secondary N) is 1. The number of rotatable bonds is 7. The first-order chi connectivity index (χ1) is 13.9. The number of benzene rings is 2. The van der Waals surface area contributed by atoms with Crippen molar-refractivity contribution in [2.24, 2.45) is 5.92 Å². The molecule has 156 valence electrons. The van der Waals surface area contributed by atoms with Crippen molar-refractivity contribution in [3.05, 3.63) is 60.4 Å². The van der Waals surface area contributed by atoms with Gasteiger partial charge in [0.05, 0.1) is 16.9 Å². The Labute approximate surface area is 170 Å². The van der Waals surface area contributed by atoms with Gasteiger partial charge < -0.3 is 10.1 Å². The molecular formula is C21H25FN2O4S. The zero-order valence-electron chi connectivity index (χ0n) is 16.3. The van der Waals surface area contributed by atoms with Crippen molar-refractivity contribution in [1.29, 1.82) is 0 Å². The molecule has 1 saturated heterocycles. The molecule has 2 aromatic rings. The van der Waals surface area contributed by atoms with E-state index in [2.05, 4.69) is 5.32 Å². The molecule has 1 N–H and O–H groups in total. The summed E-state index contributed by atoms with van der Waals surface area (Å²) < 4.78 is 45.7. The number of carbonyl (C=O) groups is 1. The number of hydrogen-bond donors (Lipinski definition) is 1. The van der Waals surface area contributed by atoms with Gasteiger partial charge in [0.1, 0.15) is 18.2 Å². The lowest BCUT2D eigenvalue weighted by molar-refractivity contribution is -0.126. The maximum Gasteiger partial charge on any atom is 0.243 e. The molecule has 0 bridgehead atoms. The van der Waals surface area contributed by atoms with Gasteiger partial charge in [-0.15, -0.1) is 0 Å². The molecule has 3 rings (SSSR count). The number of halogens is 1. The van der Waals surface area contributed by atoms with E-state index in [0.717, 1.165) is 17.9 Å². The number of piperidine rings is 1. The first-order valence-electron chi connectivity index (χ1n) is 9.60. The predicted molar refractivity (Wildman–Crippen MR) is 107 cm³/mol. The topological polar surface area (TPSA) is 75.7 Å². The Morgan fingerprint density at radius 2 is 1.90 bits per heavy atom. The molecule has 8 heteroatoms. The van der Waals surface area contributed by atoms with Gasteiger partial charge in [0, 0.05) is 13.1 Å². The molecule has 1 heterocycles. The Kier molecular flexibility index (Phi) is 6.87. The van der Waals surface area contributed by atoms with Crippen molar-refractivity contribution in [2.75, 3.05) is 19.7 Å². The van der Waals surface area contributed by atoms with E-state index < -0.39 is 21.8 Å². The fourth-order valence-electron chi connectivity index (χ4n) is 3.27. The van der Waals surface area contributed by atoms with E-state index in [1.807, 2.05) is 37.3 Å². The van der Waals surface area contributed by atoms with Crippen molar-refractivity contribution >= 4 is 15.9 Å². The van der Waals surface area contributed by atoms with Crippen LogP contribution in [0.4, 0.5) is 4.39 Å². The average Bonchev–Trinajstić information content (AvgIpc) is 2.73. The number of nitrogens with zero attached hydrogens (tertiary/aromatic N) is 1. The van der Waals surface area contributed by atoms with E-state index in [1.54, 1.807) is 0 Å². The number of ether oxygens (including phenoxy) is 1. The Balaban J connectivity index is 1.56. The first kappa shape index (κ1) is 21.3. The third-order valence-electron chi connectivity index (χ3n) is 4.84. The van der Waals surface area contributed by atoms with Crippen molar-refractivity contribution in [1.82, 2.24) is 9.62 Å². The van der Waals surface area contributed by atoms with Gasteiger partial charge in [0.2, 0.25) is 15.9 Å². The molecule has 29 heavy (non-hydrogen) atoms. The Hall–Kier alpha value is -2.45. The second kappa shape index (κ2) is 9.37. The van der Waals surface area contributed by atoms with Crippen LogP contribution in [0.2, 0.25) is 0 Å². The summed E-state index contributed by atoms with van der Waals surface area (Å²) in [6, 6.07) is 13.8. The lowest BCUT2D eigenvalue weighted by Gasteiger charge is -2.31. The fraction of sp³-hybridized carbons (Fsp3) is 0.381. The van der Waals surface area contributed by atoms with Gasteiger partial charge in [-0.2, -0.15) is 4.31 Å². The molecule has 1 amide bonds. The van der Waals surface area contributed by atoms with Gasteiger partial charge in [-0.3, -0.25) is 4.79 Å². The summed E-state index contributed by atoms with van der Waals surface area (Å²) in [6.07, 6.45) is 1.21. The highest BCUT2D eigenvalue weighted by Crippen LogP contribution is 2.24. The molecule has 2 atom stereocenters. The summed E-state index contributed by atoms with van der Waals surface area (Å²) in [5.41, 5.74) is 0. The highest BCUT2D eigenvalue weighted by molar-refractivity contribution is 7.89. The second-order valence-corrected chi connectivity index (χ2v) is 9.13. The van der Waals surface area contributed by atoms with Crippen LogP contribution in [0.3, 0.4) is 0 Å². The van der Waals surface area contributed by atoms with Crippen LogP contribution in [0.1, 0.15) is 19.8 Å². The number of carbonyl (C=O) groups excluding carboxylic acids is 1. The van der Waals surface area contributed by atoms with Crippen molar-refractivity contribution < 1.29 is 22.3 Å². The second-order valence-electron chi connectivity index (χ2n) is 7.19. The Morgan fingerprint density at radius 1 is 1.21 bits per heavy atom. The lowest BCUT2D eigenvalue weighted by Crippen LogP contribution is -2.48. The largest absolute Gasteiger partial charge is 0.491 e. The van der Waals surface area contributed by atoms with Gasteiger partial charge in [0.25, 0.3) is 0 Å². The van der Waals surface area contributed by atoms with Crippen molar-refractivity contribution in [3.63, 3.8) is 0 Å². The summed E-state index contributed by atoms with van der Waals surface area (Å²) >= 11 is 0. The summed E-state index contributed by atoms with van der Waals surface area (Å²) in [5.74, 6) is -0.388. The minimum atomic E-state index is -3.76. The van der Waals surface area contributed by atoms with Crippen LogP contribution < -0.4 is 10.1 Å². The number of sulfonamides is 1. The molecule has 6 nitrogen and oxygen atoms in total. The summed E-state index contributed by atoms with van der Waals surface area (Å²) in [4.78, 5) is 12.7. The molecular weight excluding hydrogens is 395 g/mol. The zero-order valence-corrected chi connectivity index (χ0v) is 17.1. The minimum Gasteiger partial charge on any atom is -0.491 e. The fourth-order valence-corrected chi connectivity index (χ4v) is 4.79. The van der Waals surface area contributed by atoms with E-state index in [-0.39, 0.29) is 23.4 Å². The molecule has 0 saturated carbocycles. The molecule has 1 aliphatic heterocycles. The number of hydrogen-bond acceptors (Lipinski definition) is 4. The highest BCUT2D eigenvalue weighted by Gasteiger charge is 2.33. The maximum absolute atomic E-state index is 13.1. The van der Waals surface area contributed by atoms with E-state index in [1.165, 1.54) is 16.4 Å². The molecule has 1 fully saturated rings. The highest BCUT2D eigenvalue weighted by atomic mass is 32.2. The maximum atomic E-state index is 13.1. The average molecular weight is 421 g/mol. The van der Waals surface area contributed by atoms with Crippen LogP contribution in [-0.4, -0.2) is 44.4 Å². The molecule has 2 aromatic carbocycles. The van der Waals surface area contributed by atoms with Crippen LogP contribution in [0.5, 0.6) is 5.75 Å². The van der Waals surface area contributed by atoms with Crippen molar-refractivity contribution in [2.45, 2.75) is 30.7 Å². The van der Waals surface area contributed by atoms with E-state index >= 15 is 0 Å². The molecule has 0 radical (unpaired) electrons. The van der Waals surface area contributed by atoms with Crippen LogP contribution in [0.15, 0.2) is 59.5 Å². The van der Waals surface area contributed by atoms with Gasteiger partial charge in [-0.25, -0.2) is 12.8 Å². The third-order valence-corrected chi connectivity index (χ3v) is 6.72. The smallest absolute Gasteiger partial charge is 0.243 e. The van der Waals surface area contributed by atoms with Crippen LogP contribution in [0, 0.1) is 11.7 Å². The SMILES string of the molecule is C[C@@H](COc1ccccc1)NC(=O)[C@@H]1CCCN(S(=O)(=O)c2ccc(F)cc2)C1. The molecule has 0 aromatic heterocycles. The Bertz CT molecular complexity index is 919. The Morgan fingerprint density at radius 3 is 2.59 bits per heavy atom.